The minimum atomic E-state index is -3.44. The highest BCUT2D eigenvalue weighted by molar-refractivity contribution is 7.91. The Morgan fingerprint density at radius 1 is 1.18 bits per heavy atom. The van der Waals surface area contributed by atoms with Crippen molar-refractivity contribution in [1.29, 1.82) is 0 Å². The fourth-order valence-electron chi connectivity index (χ4n) is 2.01. The number of nitrogens with one attached hydrogen (secondary N) is 1. The largest absolute Gasteiger partial charge is 0.347 e. The third kappa shape index (κ3) is 4.14. The molecular weight excluding hydrogens is 300 g/mol. The van der Waals surface area contributed by atoms with Gasteiger partial charge in [-0.2, -0.15) is 0 Å². The first-order valence-corrected chi connectivity index (χ1v) is 8.55. The highest BCUT2D eigenvalue weighted by Gasteiger charge is 2.20. The van der Waals surface area contributed by atoms with E-state index in [1.807, 2.05) is 6.92 Å². The lowest BCUT2D eigenvalue weighted by Crippen LogP contribution is -2.37. The van der Waals surface area contributed by atoms with Crippen LogP contribution in [0.2, 0.25) is 0 Å². The second-order valence-corrected chi connectivity index (χ2v) is 7.22. The minimum absolute atomic E-state index is 0.158. The average Bonchev–Trinajstić information content (AvgIpc) is 2.48. The van der Waals surface area contributed by atoms with Crippen LogP contribution in [0, 0.1) is 6.92 Å². The molecule has 0 saturated carbocycles. The van der Waals surface area contributed by atoms with E-state index in [4.69, 9.17) is 0 Å². The second-order valence-electron chi connectivity index (χ2n) is 5.18. The smallest absolute Gasteiger partial charge is 0.270 e. The van der Waals surface area contributed by atoms with Crippen molar-refractivity contribution in [2.24, 2.45) is 0 Å². The SMILES string of the molecule is Cc1ccc(S(=O)(=O)C[C@H](C)NC(=O)c2ccccn2)cc1. The molecular formula is C16H18N2O3S. The number of pyridine rings is 1. The van der Waals surface area contributed by atoms with Crippen LogP contribution in [0.1, 0.15) is 23.0 Å². The summed E-state index contributed by atoms with van der Waals surface area (Å²) in [5, 5.41) is 2.65. The van der Waals surface area contributed by atoms with Gasteiger partial charge in [-0.15, -0.1) is 0 Å². The maximum atomic E-state index is 12.3. The average molecular weight is 318 g/mol. The van der Waals surface area contributed by atoms with E-state index in [2.05, 4.69) is 10.3 Å². The van der Waals surface area contributed by atoms with Gasteiger partial charge in [-0.25, -0.2) is 8.42 Å². The molecule has 0 saturated heterocycles. The molecule has 0 aliphatic rings. The predicted molar refractivity (Wildman–Crippen MR) is 84.4 cm³/mol. The van der Waals surface area contributed by atoms with Crippen LogP contribution in [0.15, 0.2) is 53.6 Å². The topological polar surface area (TPSA) is 76.1 Å². The molecule has 1 atom stereocenters. The molecule has 0 aliphatic carbocycles. The summed E-state index contributed by atoms with van der Waals surface area (Å²) in [5.41, 5.74) is 1.26. The number of hydrogen-bond donors (Lipinski definition) is 1. The number of rotatable bonds is 5. The van der Waals surface area contributed by atoms with Crippen LogP contribution in [0.25, 0.3) is 0 Å². The van der Waals surface area contributed by atoms with Crippen molar-refractivity contribution in [2.75, 3.05) is 5.75 Å². The normalized spacial score (nSPS) is 12.6. The molecule has 0 bridgehead atoms. The lowest BCUT2D eigenvalue weighted by Gasteiger charge is -2.14. The van der Waals surface area contributed by atoms with Gasteiger partial charge in [0.2, 0.25) is 0 Å². The number of hydrogen-bond acceptors (Lipinski definition) is 4. The van der Waals surface area contributed by atoms with Gasteiger partial charge >= 0.3 is 0 Å². The number of benzene rings is 1. The van der Waals surface area contributed by atoms with E-state index in [-0.39, 0.29) is 22.2 Å². The molecule has 0 spiro atoms. The Bertz CT molecular complexity index is 741. The van der Waals surface area contributed by atoms with E-state index < -0.39 is 15.9 Å². The molecule has 0 fully saturated rings. The van der Waals surface area contributed by atoms with Crippen LogP contribution >= 0.6 is 0 Å². The molecule has 6 heteroatoms. The van der Waals surface area contributed by atoms with Gasteiger partial charge in [-0.1, -0.05) is 23.8 Å². The van der Waals surface area contributed by atoms with Gasteiger partial charge in [0, 0.05) is 12.2 Å². The number of amides is 1. The molecule has 2 aromatic rings. The molecule has 5 nitrogen and oxygen atoms in total. The zero-order valence-electron chi connectivity index (χ0n) is 12.5. The first-order chi connectivity index (χ1) is 10.4. The van der Waals surface area contributed by atoms with Gasteiger partial charge in [-0.3, -0.25) is 9.78 Å². The number of carbonyl (C=O) groups excluding carboxylic acids is 1. The Morgan fingerprint density at radius 2 is 1.86 bits per heavy atom. The molecule has 2 rings (SSSR count). The van der Waals surface area contributed by atoms with Crippen molar-refractivity contribution in [1.82, 2.24) is 10.3 Å². The summed E-state index contributed by atoms with van der Waals surface area (Å²) in [5.74, 6) is -0.540. The molecule has 1 aromatic heterocycles. The van der Waals surface area contributed by atoms with Crippen LogP contribution in [0.4, 0.5) is 0 Å². The second kappa shape index (κ2) is 6.70. The van der Waals surface area contributed by atoms with E-state index >= 15 is 0 Å². The summed E-state index contributed by atoms with van der Waals surface area (Å²) in [7, 11) is -3.44. The maximum absolute atomic E-state index is 12.3. The standard InChI is InChI=1S/C16H18N2O3S/c1-12-6-8-14(9-7-12)22(20,21)11-13(2)18-16(19)15-5-3-4-10-17-15/h3-10,13H,11H2,1-2H3,(H,18,19)/t13-/m0/s1. The third-order valence-electron chi connectivity index (χ3n) is 3.12. The van der Waals surface area contributed by atoms with Gasteiger partial charge < -0.3 is 5.32 Å². The maximum Gasteiger partial charge on any atom is 0.270 e. The summed E-state index contributed by atoms with van der Waals surface area (Å²) in [6.07, 6.45) is 1.52. The monoisotopic (exact) mass is 318 g/mol. The van der Waals surface area contributed by atoms with Crippen LogP contribution < -0.4 is 5.32 Å². The third-order valence-corrected chi connectivity index (χ3v) is 5.05. The van der Waals surface area contributed by atoms with Gasteiger partial charge in [-0.05, 0) is 38.1 Å². The number of sulfone groups is 1. The Morgan fingerprint density at radius 3 is 2.45 bits per heavy atom. The quantitative estimate of drug-likeness (QED) is 0.914. The highest BCUT2D eigenvalue weighted by atomic mass is 32.2. The molecule has 1 amide bonds. The molecule has 1 N–H and O–H groups in total. The van der Waals surface area contributed by atoms with E-state index in [9.17, 15) is 13.2 Å². The van der Waals surface area contributed by atoms with E-state index in [1.165, 1.54) is 6.20 Å². The number of carbonyl (C=O) groups is 1. The molecule has 1 heterocycles. The lowest BCUT2D eigenvalue weighted by atomic mass is 10.2. The van der Waals surface area contributed by atoms with Crippen molar-refractivity contribution in [3.63, 3.8) is 0 Å². The number of aromatic nitrogens is 1. The number of aryl methyl sites for hydroxylation is 1. The Labute approximate surface area is 130 Å². The summed E-state index contributed by atoms with van der Waals surface area (Å²) in [4.78, 5) is 16.1. The van der Waals surface area contributed by atoms with E-state index in [1.54, 1.807) is 49.4 Å². The van der Waals surface area contributed by atoms with Gasteiger partial charge in [0.1, 0.15) is 5.69 Å². The molecule has 0 aliphatic heterocycles. The van der Waals surface area contributed by atoms with Crippen molar-refractivity contribution >= 4 is 15.7 Å². The number of nitrogens with zero attached hydrogens (tertiary/aromatic N) is 1. The van der Waals surface area contributed by atoms with E-state index in [0.29, 0.717) is 0 Å². The van der Waals surface area contributed by atoms with Crippen molar-refractivity contribution < 1.29 is 13.2 Å². The van der Waals surface area contributed by atoms with Crippen molar-refractivity contribution in [2.45, 2.75) is 24.8 Å². The lowest BCUT2D eigenvalue weighted by molar-refractivity contribution is 0.0938. The van der Waals surface area contributed by atoms with Crippen LogP contribution in [0.5, 0.6) is 0 Å². The Hall–Kier alpha value is -2.21. The highest BCUT2D eigenvalue weighted by Crippen LogP contribution is 2.13. The van der Waals surface area contributed by atoms with Gasteiger partial charge in [0.05, 0.1) is 10.6 Å². The molecule has 116 valence electrons. The molecule has 1 aromatic carbocycles. The Kier molecular flexibility index (Phi) is 4.92. The van der Waals surface area contributed by atoms with Crippen molar-refractivity contribution in [3.8, 4) is 0 Å². The first-order valence-electron chi connectivity index (χ1n) is 6.90. The fourth-order valence-corrected chi connectivity index (χ4v) is 3.49. The van der Waals surface area contributed by atoms with Gasteiger partial charge in [0.15, 0.2) is 9.84 Å². The predicted octanol–water partition coefficient (Wildman–Crippen LogP) is 1.98. The van der Waals surface area contributed by atoms with Gasteiger partial charge in [0.25, 0.3) is 5.91 Å². The molecule has 0 unspecified atom stereocenters. The minimum Gasteiger partial charge on any atom is -0.347 e. The summed E-state index contributed by atoms with van der Waals surface area (Å²) < 4.78 is 24.6. The van der Waals surface area contributed by atoms with Crippen LogP contribution in [-0.2, 0) is 9.84 Å². The molecule has 22 heavy (non-hydrogen) atoms. The van der Waals surface area contributed by atoms with Crippen LogP contribution in [-0.4, -0.2) is 31.1 Å². The Balaban J connectivity index is 2.03. The summed E-state index contributed by atoms with van der Waals surface area (Å²) >= 11 is 0. The van der Waals surface area contributed by atoms with Crippen molar-refractivity contribution in [3.05, 3.63) is 59.9 Å². The first kappa shape index (κ1) is 16.2. The summed E-state index contributed by atoms with van der Waals surface area (Å²) in [6, 6.07) is 11.2. The van der Waals surface area contributed by atoms with Crippen LogP contribution in [0.3, 0.4) is 0 Å². The van der Waals surface area contributed by atoms with E-state index in [0.717, 1.165) is 5.56 Å². The zero-order chi connectivity index (χ0) is 16.2. The molecule has 0 radical (unpaired) electrons. The zero-order valence-corrected chi connectivity index (χ0v) is 13.3. The summed E-state index contributed by atoms with van der Waals surface area (Å²) in [6.45, 7) is 3.55. The fraction of sp³-hybridized carbons (Fsp3) is 0.250.